The molecule has 3 aromatic rings. The summed E-state index contributed by atoms with van der Waals surface area (Å²) in [7, 11) is 1.81. The minimum Gasteiger partial charge on any atom is -0.368 e. The summed E-state index contributed by atoms with van der Waals surface area (Å²) in [5.74, 6) is 0.0361. The van der Waals surface area contributed by atoms with E-state index in [9.17, 15) is 9.59 Å². The lowest BCUT2D eigenvalue weighted by molar-refractivity contribution is -0.107. The van der Waals surface area contributed by atoms with Gasteiger partial charge in [0.2, 0.25) is 6.41 Å². The van der Waals surface area contributed by atoms with Gasteiger partial charge >= 0.3 is 0 Å². The number of likely N-dealkylation sites (tertiary alicyclic amines) is 1. The van der Waals surface area contributed by atoms with Gasteiger partial charge < -0.3 is 14.7 Å². The van der Waals surface area contributed by atoms with E-state index < -0.39 is 0 Å². The number of halogens is 1. The van der Waals surface area contributed by atoms with E-state index in [2.05, 4.69) is 15.0 Å². The van der Waals surface area contributed by atoms with Crippen LogP contribution in [0.2, 0.25) is 5.02 Å². The van der Waals surface area contributed by atoms with Crippen LogP contribution >= 0.6 is 11.6 Å². The van der Waals surface area contributed by atoms with Crippen LogP contribution in [0, 0.1) is 19.3 Å². The van der Waals surface area contributed by atoms with Crippen LogP contribution in [0.3, 0.4) is 0 Å². The van der Waals surface area contributed by atoms with Crippen LogP contribution in [0.4, 0.5) is 11.4 Å². The Morgan fingerprint density at radius 2 is 1.91 bits per heavy atom. The van der Waals surface area contributed by atoms with Crippen molar-refractivity contribution < 1.29 is 9.59 Å². The van der Waals surface area contributed by atoms with Crippen LogP contribution in [0.1, 0.15) is 40.0 Å². The number of aryl methyl sites for hydroxylation is 2. The summed E-state index contributed by atoms with van der Waals surface area (Å²) < 4.78 is 1.65. The van der Waals surface area contributed by atoms with E-state index in [1.54, 1.807) is 28.2 Å². The Morgan fingerprint density at radius 3 is 2.57 bits per heavy atom. The fourth-order valence-corrected chi connectivity index (χ4v) is 5.59. The first-order chi connectivity index (χ1) is 16.7. The second-order valence-electron chi connectivity index (χ2n) is 9.91. The molecule has 35 heavy (non-hydrogen) atoms. The maximum atomic E-state index is 12.7. The molecule has 5 rings (SSSR count). The molecule has 1 spiro atoms. The van der Waals surface area contributed by atoms with Gasteiger partial charge in [-0.3, -0.25) is 19.3 Å². The SMILES string of the molecule is Cc1ccc(Cl)cc1C(C)N(C=O)c1cncc(N2CC3(CN(C(=O)c4cnn(C)c4)C3)C2)c1C. The van der Waals surface area contributed by atoms with Crippen LogP contribution < -0.4 is 9.80 Å². The summed E-state index contributed by atoms with van der Waals surface area (Å²) in [6, 6.07) is 5.55. The summed E-state index contributed by atoms with van der Waals surface area (Å²) >= 11 is 6.24. The van der Waals surface area contributed by atoms with Crippen molar-refractivity contribution in [3.63, 3.8) is 0 Å². The summed E-state index contributed by atoms with van der Waals surface area (Å²) in [5, 5.41) is 4.75. The van der Waals surface area contributed by atoms with Gasteiger partial charge in [-0.2, -0.15) is 5.10 Å². The average molecular weight is 493 g/mol. The maximum absolute atomic E-state index is 12.7. The molecule has 2 fully saturated rings. The van der Waals surface area contributed by atoms with Gasteiger partial charge in [-0.05, 0) is 49.6 Å². The first kappa shape index (κ1) is 23.4. The molecule has 2 aliphatic heterocycles. The summed E-state index contributed by atoms with van der Waals surface area (Å²) in [6.07, 6.45) is 7.85. The van der Waals surface area contributed by atoms with Crippen LogP contribution in [-0.4, -0.2) is 58.2 Å². The maximum Gasteiger partial charge on any atom is 0.257 e. The van der Waals surface area contributed by atoms with Crippen molar-refractivity contribution in [2.75, 3.05) is 36.0 Å². The van der Waals surface area contributed by atoms with Gasteiger partial charge in [0.1, 0.15) is 0 Å². The highest BCUT2D eigenvalue weighted by Crippen LogP contribution is 2.44. The molecule has 1 unspecified atom stereocenters. The first-order valence-corrected chi connectivity index (χ1v) is 12.1. The first-order valence-electron chi connectivity index (χ1n) is 11.7. The quantitative estimate of drug-likeness (QED) is 0.490. The van der Waals surface area contributed by atoms with E-state index in [-0.39, 0.29) is 17.4 Å². The van der Waals surface area contributed by atoms with Gasteiger partial charge in [0.25, 0.3) is 5.91 Å². The summed E-state index contributed by atoms with van der Waals surface area (Å²) in [5.41, 5.74) is 5.65. The molecule has 1 atom stereocenters. The molecule has 9 heteroatoms. The van der Waals surface area contributed by atoms with Gasteiger partial charge in [-0.1, -0.05) is 17.7 Å². The van der Waals surface area contributed by atoms with Crippen LogP contribution in [0.5, 0.6) is 0 Å². The van der Waals surface area contributed by atoms with Crippen molar-refractivity contribution in [2.24, 2.45) is 12.5 Å². The minimum atomic E-state index is -0.191. The molecule has 2 aliphatic rings. The fraction of sp³-hybridized carbons (Fsp3) is 0.385. The molecule has 182 valence electrons. The predicted molar refractivity (Wildman–Crippen MR) is 136 cm³/mol. The van der Waals surface area contributed by atoms with Crippen molar-refractivity contribution in [3.8, 4) is 0 Å². The molecule has 4 heterocycles. The standard InChI is InChI=1S/C26H29ClN6O2/c1-17-5-6-21(27)7-22(17)19(3)33(16-34)24-10-28-9-23(18(24)2)31-12-26(13-31)14-32(15-26)25(35)20-8-29-30(4)11-20/h5-11,16,19H,12-15H2,1-4H3. The Labute approximate surface area is 210 Å². The Kier molecular flexibility index (Phi) is 5.79. The fourth-order valence-electron chi connectivity index (χ4n) is 5.41. The zero-order valence-corrected chi connectivity index (χ0v) is 21.2. The van der Waals surface area contributed by atoms with Crippen molar-refractivity contribution in [1.82, 2.24) is 19.7 Å². The second-order valence-corrected chi connectivity index (χ2v) is 10.3. The summed E-state index contributed by atoms with van der Waals surface area (Å²) in [4.78, 5) is 35.2. The van der Waals surface area contributed by atoms with Crippen molar-refractivity contribution in [2.45, 2.75) is 26.8 Å². The highest BCUT2D eigenvalue weighted by Gasteiger charge is 2.53. The van der Waals surface area contributed by atoms with Gasteiger partial charge in [0.05, 0.1) is 41.6 Å². The zero-order valence-electron chi connectivity index (χ0n) is 20.4. The third kappa shape index (κ3) is 4.05. The Bertz CT molecular complexity index is 1290. The number of hydrogen-bond donors (Lipinski definition) is 0. The second kappa shape index (κ2) is 8.68. The number of pyridine rings is 1. The van der Waals surface area contributed by atoms with Crippen molar-refractivity contribution in [3.05, 3.63) is 70.3 Å². The van der Waals surface area contributed by atoms with E-state index in [4.69, 9.17) is 11.6 Å². The van der Waals surface area contributed by atoms with Crippen molar-refractivity contribution in [1.29, 1.82) is 0 Å². The Balaban J connectivity index is 1.29. The lowest BCUT2D eigenvalue weighted by Gasteiger charge is -2.61. The minimum absolute atomic E-state index is 0.0361. The van der Waals surface area contributed by atoms with E-state index in [1.807, 2.05) is 57.1 Å². The van der Waals surface area contributed by atoms with Gasteiger partial charge in [-0.15, -0.1) is 0 Å². The van der Waals surface area contributed by atoms with E-state index in [0.717, 1.165) is 60.7 Å². The van der Waals surface area contributed by atoms with Gasteiger partial charge in [-0.25, -0.2) is 0 Å². The zero-order chi connectivity index (χ0) is 24.9. The molecule has 8 nitrogen and oxygen atoms in total. The molecule has 2 saturated heterocycles. The molecular formula is C26H29ClN6O2. The monoisotopic (exact) mass is 492 g/mol. The molecular weight excluding hydrogens is 464 g/mol. The molecule has 2 aromatic heterocycles. The highest BCUT2D eigenvalue weighted by atomic mass is 35.5. The van der Waals surface area contributed by atoms with Crippen LogP contribution in [0.15, 0.2) is 43.0 Å². The lowest BCUT2D eigenvalue weighted by Crippen LogP contribution is -2.73. The number of benzene rings is 1. The van der Waals surface area contributed by atoms with Gasteiger partial charge in [0, 0.05) is 49.9 Å². The lowest BCUT2D eigenvalue weighted by atomic mass is 9.72. The molecule has 0 N–H and O–H groups in total. The molecule has 0 bridgehead atoms. The molecule has 2 amide bonds. The number of amides is 2. The van der Waals surface area contributed by atoms with Gasteiger partial charge in [0.15, 0.2) is 0 Å². The van der Waals surface area contributed by atoms with E-state index in [1.165, 1.54) is 0 Å². The summed E-state index contributed by atoms with van der Waals surface area (Å²) in [6.45, 7) is 9.26. The van der Waals surface area contributed by atoms with E-state index >= 15 is 0 Å². The molecule has 0 saturated carbocycles. The number of anilines is 2. The highest BCUT2D eigenvalue weighted by molar-refractivity contribution is 6.30. The van der Waals surface area contributed by atoms with Crippen LogP contribution in [-0.2, 0) is 11.8 Å². The number of hydrogen-bond acceptors (Lipinski definition) is 5. The smallest absolute Gasteiger partial charge is 0.257 e. The molecule has 0 aliphatic carbocycles. The van der Waals surface area contributed by atoms with E-state index in [0.29, 0.717) is 10.6 Å². The number of aromatic nitrogens is 3. The molecule has 0 radical (unpaired) electrons. The number of rotatable bonds is 6. The number of nitrogens with zero attached hydrogens (tertiary/aromatic N) is 6. The topological polar surface area (TPSA) is 74.6 Å². The third-order valence-electron chi connectivity index (χ3n) is 7.35. The Hall–Kier alpha value is -3.39. The predicted octanol–water partition coefficient (Wildman–Crippen LogP) is 3.77. The molecule has 1 aromatic carbocycles. The normalized spacial score (nSPS) is 17.1. The number of carbonyl (C=O) groups excluding carboxylic acids is 2. The van der Waals surface area contributed by atoms with Crippen molar-refractivity contribution >= 4 is 35.3 Å². The Morgan fingerprint density at radius 1 is 1.17 bits per heavy atom. The largest absolute Gasteiger partial charge is 0.368 e. The van der Waals surface area contributed by atoms with Crippen LogP contribution in [0.25, 0.3) is 0 Å². The third-order valence-corrected chi connectivity index (χ3v) is 7.58. The average Bonchev–Trinajstić information content (AvgIpc) is 3.22. The number of carbonyl (C=O) groups is 2.